The van der Waals surface area contributed by atoms with E-state index < -0.39 is 24.7 Å². The molecule has 2 aromatic rings. The fourth-order valence-electron chi connectivity index (χ4n) is 1.59. The highest BCUT2D eigenvalue weighted by atomic mass is 79.9. The molecule has 116 valence electrons. The van der Waals surface area contributed by atoms with Gasteiger partial charge in [-0.25, -0.2) is 4.98 Å². The van der Waals surface area contributed by atoms with Crippen LogP contribution in [0.25, 0.3) is 0 Å². The molecule has 0 saturated heterocycles. The number of alkyl halides is 3. The minimum Gasteiger partial charge on any atom is -0.496 e. The number of hydrogen-bond acceptors (Lipinski definition) is 3. The number of ether oxygens (including phenoxy) is 1. The molecular formula is C14H10BrF3N2O2. The van der Waals surface area contributed by atoms with Crippen molar-refractivity contribution in [2.75, 3.05) is 12.4 Å². The quantitative estimate of drug-likeness (QED) is 0.874. The standard InChI is InChI=1S/C14H10BrF3N2O2/c1-22-11-6-8(2-3-10(11)15)13(21)20-12-7-9(4-5-19-12)14(16,17)18/h2-7H,1H3,(H,19,20,21)/i1D3. The summed E-state index contributed by atoms with van der Waals surface area (Å²) >= 11 is 3.09. The van der Waals surface area contributed by atoms with E-state index >= 15 is 0 Å². The number of anilines is 1. The third-order valence-electron chi connectivity index (χ3n) is 2.63. The van der Waals surface area contributed by atoms with Crippen molar-refractivity contribution in [3.8, 4) is 5.75 Å². The summed E-state index contributed by atoms with van der Waals surface area (Å²) in [6, 6.07) is 5.35. The van der Waals surface area contributed by atoms with Crippen molar-refractivity contribution >= 4 is 27.7 Å². The lowest BCUT2D eigenvalue weighted by molar-refractivity contribution is -0.137. The van der Waals surface area contributed by atoms with E-state index in [2.05, 4.69) is 26.2 Å². The summed E-state index contributed by atoms with van der Waals surface area (Å²) in [7, 11) is -2.72. The highest BCUT2D eigenvalue weighted by Gasteiger charge is 2.30. The maximum absolute atomic E-state index is 12.7. The molecule has 0 unspecified atom stereocenters. The first-order valence-electron chi connectivity index (χ1n) is 7.29. The van der Waals surface area contributed by atoms with Crippen LogP contribution in [-0.2, 0) is 6.18 Å². The molecule has 0 radical (unpaired) electrons. The van der Waals surface area contributed by atoms with Crippen molar-refractivity contribution in [3.63, 3.8) is 0 Å². The van der Waals surface area contributed by atoms with Crippen LogP contribution >= 0.6 is 15.9 Å². The fourth-order valence-corrected chi connectivity index (χ4v) is 1.91. The van der Waals surface area contributed by atoms with Crippen LogP contribution in [-0.4, -0.2) is 17.9 Å². The number of aromatic nitrogens is 1. The number of halogens is 4. The molecule has 0 aliphatic heterocycles. The van der Waals surface area contributed by atoms with E-state index in [0.717, 1.165) is 18.3 Å². The second-order valence-corrected chi connectivity index (χ2v) is 4.98. The first kappa shape index (κ1) is 12.5. The number of benzene rings is 1. The van der Waals surface area contributed by atoms with Gasteiger partial charge in [-0.05, 0) is 46.3 Å². The Bertz CT molecular complexity index is 798. The summed E-state index contributed by atoms with van der Waals surface area (Å²) in [4.78, 5) is 15.8. The Morgan fingerprint density at radius 2 is 2.14 bits per heavy atom. The Hall–Kier alpha value is -2.09. The van der Waals surface area contributed by atoms with Gasteiger partial charge >= 0.3 is 6.18 Å². The van der Waals surface area contributed by atoms with E-state index in [1.54, 1.807) is 0 Å². The Labute approximate surface area is 136 Å². The average molecular weight is 378 g/mol. The number of carbonyl (C=O) groups is 1. The number of amides is 1. The molecule has 1 aromatic carbocycles. The minimum absolute atomic E-state index is 0.0124. The highest BCUT2D eigenvalue weighted by molar-refractivity contribution is 9.10. The van der Waals surface area contributed by atoms with Crippen molar-refractivity contribution in [1.82, 2.24) is 4.98 Å². The van der Waals surface area contributed by atoms with Gasteiger partial charge in [0, 0.05) is 11.8 Å². The lowest BCUT2D eigenvalue weighted by Gasteiger charge is -2.10. The number of rotatable bonds is 3. The summed E-state index contributed by atoms with van der Waals surface area (Å²) < 4.78 is 64.3. The van der Waals surface area contributed by atoms with Crippen molar-refractivity contribution in [2.45, 2.75) is 6.18 Å². The maximum Gasteiger partial charge on any atom is 0.416 e. The monoisotopic (exact) mass is 377 g/mol. The minimum atomic E-state index is -4.57. The van der Waals surface area contributed by atoms with Gasteiger partial charge in [0.25, 0.3) is 5.91 Å². The SMILES string of the molecule is [2H]C([2H])([2H])Oc1cc(C(=O)Nc2cc(C(F)(F)F)ccn2)ccc1Br. The molecule has 8 heteroatoms. The maximum atomic E-state index is 12.7. The van der Waals surface area contributed by atoms with Crippen LogP contribution in [0.5, 0.6) is 5.75 Å². The summed E-state index contributed by atoms with van der Waals surface area (Å²) in [5.41, 5.74) is -0.971. The number of nitrogens with one attached hydrogen (secondary N) is 1. The molecule has 1 N–H and O–H groups in total. The Kier molecular flexibility index (Phi) is 3.59. The average Bonchev–Trinajstić information content (AvgIpc) is 2.47. The zero-order valence-electron chi connectivity index (χ0n) is 13.7. The molecule has 2 rings (SSSR count). The number of hydrogen-bond donors (Lipinski definition) is 1. The molecule has 0 spiro atoms. The van der Waals surface area contributed by atoms with Crippen LogP contribution in [0.1, 0.15) is 20.0 Å². The van der Waals surface area contributed by atoms with E-state index in [1.807, 2.05) is 0 Å². The Morgan fingerprint density at radius 3 is 2.82 bits per heavy atom. The van der Waals surface area contributed by atoms with Gasteiger partial charge in [-0.1, -0.05) is 0 Å². The van der Waals surface area contributed by atoms with E-state index in [4.69, 9.17) is 8.85 Å². The smallest absolute Gasteiger partial charge is 0.416 e. The summed E-state index contributed by atoms with van der Waals surface area (Å²) in [5, 5.41) is 2.22. The molecule has 0 bridgehead atoms. The van der Waals surface area contributed by atoms with Gasteiger partial charge in [-0.3, -0.25) is 4.79 Å². The van der Waals surface area contributed by atoms with Crippen LogP contribution in [0.4, 0.5) is 19.0 Å². The van der Waals surface area contributed by atoms with E-state index in [0.29, 0.717) is 10.5 Å². The molecule has 0 saturated carbocycles. The van der Waals surface area contributed by atoms with Gasteiger partial charge in [0.15, 0.2) is 0 Å². The molecular weight excluding hydrogens is 365 g/mol. The third kappa shape index (κ3) is 3.76. The summed E-state index contributed by atoms with van der Waals surface area (Å²) in [6.07, 6.45) is -3.65. The van der Waals surface area contributed by atoms with E-state index in [1.165, 1.54) is 12.1 Å². The zero-order chi connectivity index (χ0) is 18.8. The third-order valence-corrected chi connectivity index (χ3v) is 3.29. The molecule has 1 heterocycles. The fraction of sp³-hybridized carbons (Fsp3) is 0.143. The lowest BCUT2D eigenvalue weighted by atomic mass is 10.2. The molecule has 1 amide bonds. The lowest BCUT2D eigenvalue weighted by Crippen LogP contribution is -2.14. The molecule has 0 fully saturated rings. The normalized spacial score (nSPS) is 13.7. The molecule has 1 aromatic heterocycles. The Morgan fingerprint density at radius 1 is 1.36 bits per heavy atom. The second kappa shape index (κ2) is 6.35. The van der Waals surface area contributed by atoms with Crippen molar-refractivity contribution in [2.24, 2.45) is 0 Å². The van der Waals surface area contributed by atoms with Gasteiger partial charge in [0.05, 0.1) is 21.2 Å². The predicted octanol–water partition coefficient (Wildman–Crippen LogP) is 4.12. The highest BCUT2D eigenvalue weighted by Crippen LogP contribution is 2.30. The largest absolute Gasteiger partial charge is 0.496 e. The first-order valence-corrected chi connectivity index (χ1v) is 6.58. The molecule has 0 aliphatic rings. The van der Waals surface area contributed by atoms with Gasteiger partial charge in [-0.15, -0.1) is 0 Å². The van der Waals surface area contributed by atoms with Crippen LogP contribution in [0.15, 0.2) is 41.0 Å². The topological polar surface area (TPSA) is 51.2 Å². The van der Waals surface area contributed by atoms with Crippen molar-refractivity contribution in [3.05, 3.63) is 52.1 Å². The van der Waals surface area contributed by atoms with Crippen molar-refractivity contribution in [1.29, 1.82) is 0 Å². The van der Waals surface area contributed by atoms with Crippen LogP contribution in [0.2, 0.25) is 0 Å². The zero-order valence-corrected chi connectivity index (χ0v) is 12.3. The van der Waals surface area contributed by atoms with Crippen LogP contribution in [0.3, 0.4) is 0 Å². The summed E-state index contributed by atoms with van der Waals surface area (Å²) in [5.74, 6) is -1.17. The number of carbonyl (C=O) groups excluding carboxylic acids is 1. The summed E-state index contributed by atoms with van der Waals surface area (Å²) in [6.45, 7) is 0. The number of methoxy groups -OCH3 is 1. The van der Waals surface area contributed by atoms with Gasteiger partial charge in [0.1, 0.15) is 11.6 Å². The van der Waals surface area contributed by atoms with Gasteiger partial charge in [0.2, 0.25) is 0 Å². The van der Waals surface area contributed by atoms with Crippen LogP contribution in [0, 0.1) is 0 Å². The molecule has 0 aliphatic carbocycles. The van der Waals surface area contributed by atoms with Crippen molar-refractivity contribution < 1.29 is 26.8 Å². The van der Waals surface area contributed by atoms with E-state index in [-0.39, 0.29) is 17.1 Å². The van der Waals surface area contributed by atoms with E-state index in [9.17, 15) is 18.0 Å². The molecule has 22 heavy (non-hydrogen) atoms. The predicted molar refractivity (Wildman–Crippen MR) is 77.9 cm³/mol. The second-order valence-electron chi connectivity index (χ2n) is 4.13. The van der Waals surface area contributed by atoms with Gasteiger partial charge < -0.3 is 10.1 Å². The molecule has 0 atom stereocenters. The number of nitrogens with zero attached hydrogens (tertiary/aromatic N) is 1. The first-order chi connectivity index (χ1) is 11.5. The van der Waals surface area contributed by atoms with Crippen LogP contribution < -0.4 is 10.1 Å². The molecule has 4 nitrogen and oxygen atoms in total. The van der Waals surface area contributed by atoms with Gasteiger partial charge in [-0.2, -0.15) is 13.2 Å². The Balaban J connectivity index is 2.23. The number of pyridine rings is 1.